The average Bonchev–Trinajstić information content (AvgIpc) is 2.51. The number of likely N-dealkylation sites (N-methyl/N-ethyl adjacent to an activating group) is 1. The lowest BCUT2D eigenvalue weighted by Gasteiger charge is -2.20. The molecule has 1 atom stereocenters. The lowest BCUT2D eigenvalue weighted by Crippen LogP contribution is -2.36. The summed E-state index contributed by atoms with van der Waals surface area (Å²) >= 11 is 0. The van der Waals surface area contributed by atoms with Gasteiger partial charge in [0.05, 0.1) is 20.1 Å². The predicted molar refractivity (Wildman–Crippen MR) is 77.3 cm³/mol. The highest BCUT2D eigenvalue weighted by Gasteiger charge is 2.18. The van der Waals surface area contributed by atoms with Crippen molar-refractivity contribution in [2.75, 3.05) is 34.4 Å². The molecule has 0 aliphatic rings. The van der Waals surface area contributed by atoms with Gasteiger partial charge in [-0.1, -0.05) is 6.92 Å². The molecule has 0 saturated heterocycles. The topological polar surface area (TPSA) is 65.1 Å². The molecule has 0 heterocycles. The Morgan fingerprint density at radius 3 is 2.24 bits per heavy atom. The van der Waals surface area contributed by atoms with Crippen molar-refractivity contribution in [3.05, 3.63) is 24.3 Å². The molecule has 1 aromatic rings. The van der Waals surface area contributed by atoms with Gasteiger partial charge >= 0.3 is 5.97 Å². The van der Waals surface area contributed by atoms with E-state index in [2.05, 4.69) is 4.74 Å². The van der Waals surface area contributed by atoms with Gasteiger partial charge in [0.2, 0.25) is 0 Å². The molecule has 1 rings (SSSR count). The first-order valence-electron chi connectivity index (χ1n) is 6.56. The van der Waals surface area contributed by atoms with Gasteiger partial charge in [0, 0.05) is 13.6 Å². The lowest BCUT2D eigenvalue weighted by atomic mass is 10.2. The largest absolute Gasteiger partial charge is 0.497 e. The van der Waals surface area contributed by atoms with Crippen LogP contribution in [-0.2, 0) is 14.3 Å². The van der Waals surface area contributed by atoms with E-state index in [4.69, 9.17) is 9.47 Å². The number of hydrogen-bond acceptors (Lipinski definition) is 5. The summed E-state index contributed by atoms with van der Waals surface area (Å²) in [6, 6.07) is 6.96. The molecule has 21 heavy (non-hydrogen) atoms. The van der Waals surface area contributed by atoms with Gasteiger partial charge in [-0.3, -0.25) is 9.59 Å². The van der Waals surface area contributed by atoms with Crippen LogP contribution >= 0.6 is 0 Å². The molecule has 0 fully saturated rings. The van der Waals surface area contributed by atoms with Crippen LogP contribution in [0.4, 0.5) is 0 Å². The first-order valence-corrected chi connectivity index (χ1v) is 6.56. The summed E-state index contributed by atoms with van der Waals surface area (Å²) in [5.74, 6) is 0.383. The fraction of sp³-hybridized carbons (Fsp3) is 0.467. The molecule has 0 spiro atoms. The van der Waals surface area contributed by atoms with E-state index in [0.29, 0.717) is 5.75 Å². The maximum absolute atomic E-state index is 11.9. The highest BCUT2D eigenvalue weighted by molar-refractivity contribution is 5.78. The second kappa shape index (κ2) is 8.14. The SMILES string of the molecule is COC(=O)C(C)CN(C)C(=O)COc1ccc(OC)cc1. The van der Waals surface area contributed by atoms with Crippen molar-refractivity contribution in [1.82, 2.24) is 4.90 Å². The van der Waals surface area contributed by atoms with Gasteiger partial charge in [0.15, 0.2) is 6.61 Å². The monoisotopic (exact) mass is 295 g/mol. The van der Waals surface area contributed by atoms with E-state index >= 15 is 0 Å². The van der Waals surface area contributed by atoms with Crippen LogP contribution in [-0.4, -0.2) is 51.2 Å². The molecule has 0 bridgehead atoms. The molecule has 0 aliphatic heterocycles. The summed E-state index contributed by atoms with van der Waals surface area (Å²) in [4.78, 5) is 24.7. The molecule has 0 radical (unpaired) electrons. The van der Waals surface area contributed by atoms with Gasteiger partial charge < -0.3 is 19.1 Å². The summed E-state index contributed by atoms with van der Waals surface area (Å²) < 4.78 is 15.1. The van der Waals surface area contributed by atoms with Crippen molar-refractivity contribution >= 4 is 11.9 Å². The first kappa shape index (κ1) is 16.8. The van der Waals surface area contributed by atoms with E-state index < -0.39 is 0 Å². The van der Waals surface area contributed by atoms with E-state index in [1.54, 1.807) is 45.3 Å². The summed E-state index contributed by atoms with van der Waals surface area (Å²) in [7, 11) is 4.53. The number of methoxy groups -OCH3 is 2. The molecule has 6 heteroatoms. The van der Waals surface area contributed by atoms with Crippen LogP contribution in [0, 0.1) is 5.92 Å². The Morgan fingerprint density at radius 1 is 1.14 bits per heavy atom. The third-order valence-corrected chi connectivity index (χ3v) is 3.00. The van der Waals surface area contributed by atoms with Gasteiger partial charge in [0.25, 0.3) is 5.91 Å². The zero-order valence-electron chi connectivity index (χ0n) is 12.8. The number of carbonyl (C=O) groups excluding carboxylic acids is 2. The summed E-state index contributed by atoms with van der Waals surface area (Å²) in [5, 5.41) is 0. The number of nitrogens with zero attached hydrogens (tertiary/aromatic N) is 1. The van der Waals surface area contributed by atoms with E-state index in [-0.39, 0.29) is 30.9 Å². The zero-order valence-corrected chi connectivity index (χ0v) is 12.8. The van der Waals surface area contributed by atoms with Gasteiger partial charge in [-0.15, -0.1) is 0 Å². The van der Waals surface area contributed by atoms with Crippen molar-refractivity contribution in [2.45, 2.75) is 6.92 Å². The quantitative estimate of drug-likeness (QED) is 0.710. The van der Waals surface area contributed by atoms with Crippen LogP contribution in [0.25, 0.3) is 0 Å². The van der Waals surface area contributed by atoms with Crippen LogP contribution in [0.2, 0.25) is 0 Å². The van der Waals surface area contributed by atoms with Crippen molar-refractivity contribution in [3.8, 4) is 11.5 Å². The second-order valence-corrected chi connectivity index (χ2v) is 4.66. The van der Waals surface area contributed by atoms with Crippen molar-refractivity contribution < 1.29 is 23.8 Å². The van der Waals surface area contributed by atoms with Crippen molar-refractivity contribution in [3.63, 3.8) is 0 Å². The fourth-order valence-electron chi connectivity index (χ4n) is 1.72. The zero-order chi connectivity index (χ0) is 15.8. The number of esters is 1. The minimum Gasteiger partial charge on any atom is -0.497 e. The van der Waals surface area contributed by atoms with Crippen molar-refractivity contribution in [1.29, 1.82) is 0 Å². The normalized spacial score (nSPS) is 11.4. The average molecular weight is 295 g/mol. The van der Waals surface area contributed by atoms with Gasteiger partial charge in [-0.25, -0.2) is 0 Å². The van der Waals surface area contributed by atoms with E-state index in [0.717, 1.165) is 5.75 Å². The van der Waals surface area contributed by atoms with Crippen molar-refractivity contribution in [2.24, 2.45) is 5.92 Å². The molecule has 0 aliphatic carbocycles. The van der Waals surface area contributed by atoms with Crippen LogP contribution in [0.3, 0.4) is 0 Å². The standard InChI is InChI=1S/C15H21NO5/c1-11(15(18)20-4)9-16(2)14(17)10-21-13-7-5-12(19-3)6-8-13/h5-8,11H,9-10H2,1-4H3. The van der Waals surface area contributed by atoms with Crippen LogP contribution in [0.15, 0.2) is 24.3 Å². The molecule has 0 aromatic heterocycles. The number of amides is 1. The Bertz CT molecular complexity index is 471. The number of rotatable bonds is 7. The molecule has 1 aromatic carbocycles. The predicted octanol–water partition coefficient (Wildman–Crippen LogP) is 1.34. The number of hydrogen-bond donors (Lipinski definition) is 0. The minimum atomic E-state index is -0.370. The summed E-state index contributed by atoms with van der Waals surface area (Å²) in [6.07, 6.45) is 0. The van der Waals surface area contributed by atoms with E-state index in [1.807, 2.05) is 0 Å². The minimum absolute atomic E-state index is 0.0866. The number of benzene rings is 1. The second-order valence-electron chi connectivity index (χ2n) is 4.66. The first-order chi connectivity index (χ1) is 9.97. The molecule has 1 amide bonds. The molecule has 1 unspecified atom stereocenters. The van der Waals surface area contributed by atoms with Gasteiger partial charge in [-0.05, 0) is 24.3 Å². The van der Waals surface area contributed by atoms with Crippen LogP contribution in [0.1, 0.15) is 6.92 Å². The fourth-order valence-corrected chi connectivity index (χ4v) is 1.72. The molecule has 0 N–H and O–H groups in total. The van der Waals surface area contributed by atoms with E-state index in [9.17, 15) is 9.59 Å². The number of carbonyl (C=O) groups is 2. The maximum atomic E-state index is 11.9. The molecule has 6 nitrogen and oxygen atoms in total. The maximum Gasteiger partial charge on any atom is 0.310 e. The Morgan fingerprint density at radius 2 is 1.71 bits per heavy atom. The Balaban J connectivity index is 2.43. The van der Waals surface area contributed by atoms with Gasteiger partial charge in [-0.2, -0.15) is 0 Å². The highest BCUT2D eigenvalue weighted by Crippen LogP contribution is 2.16. The third-order valence-electron chi connectivity index (χ3n) is 3.00. The molecule has 116 valence electrons. The summed E-state index contributed by atoms with van der Waals surface area (Å²) in [6.45, 7) is 1.91. The van der Waals surface area contributed by atoms with Gasteiger partial charge in [0.1, 0.15) is 11.5 Å². The third kappa shape index (κ3) is 5.33. The number of ether oxygens (including phenoxy) is 3. The summed E-state index contributed by atoms with van der Waals surface area (Å²) in [5.41, 5.74) is 0. The Labute approximate surface area is 124 Å². The lowest BCUT2D eigenvalue weighted by molar-refractivity contribution is -0.146. The molecular weight excluding hydrogens is 274 g/mol. The molecular formula is C15H21NO5. The Hall–Kier alpha value is -2.24. The van der Waals surface area contributed by atoms with Crippen LogP contribution < -0.4 is 9.47 Å². The highest BCUT2D eigenvalue weighted by atomic mass is 16.5. The van der Waals surface area contributed by atoms with E-state index in [1.165, 1.54) is 12.0 Å². The van der Waals surface area contributed by atoms with Crippen LogP contribution in [0.5, 0.6) is 11.5 Å². The molecule has 0 saturated carbocycles. The smallest absolute Gasteiger partial charge is 0.310 e. The Kier molecular flexibility index (Phi) is 6.52.